The molecule has 2 aromatic rings. The van der Waals surface area contributed by atoms with Gasteiger partial charge in [-0.1, -0.05) is 0 Å². The first-order chi connectivity index (χ1) is 8.19. The second kappa shape index (κ2) is 4.97. The van der Waals surface area contributed by atoms with E-state index in [9.17, 15) is 5.11 Å². The molecule has 17 heavy (non-hydrogen) atoms. The standard InChI is InChI=1S/C12H15N3O2/c1-3-15-8-11(7-14-15)17-12-5-4-10(6-13-12)9(2)16/h4-9,16H,3H2,1-2H3/t9-/m0/s1. The summed E-state index contributed by atoms with van der Waals surface area (Å²) < 4.78 is 7.30. The molecule has 1 atom stereocenters. The molecule has 0 saturated carbocycles. The molecule has 0 aliphatic rings. The second-order valence-electron chi connectivity index (χ2n) is 3.74. The third kappa shape index (κ3) is 2.82. The van der Waals surface area contributed by atoms with Crippen LogP contribution in [0.3, 0.4) is 0 Å². The lowest BCUT2D eigenvalue weighted by atomic mass is 10.2. The number of aryl methyl sites for hydroxylation is 1. The summed E-state index contributed by atoms with van der Waals surface area (Å²) in [7, 11) is 0. The van der Waals surface area contributed by atoms with Gasteiger partial charge in [0.05, 0.1) is 18.5 Å². The van der Waals surface area contributed by atoms with E-state index >= 15 is 0 Å². The second-order valence-corrected chi connectivity index (χ2v) is 3.74. The van der Waals surface area contributed by atoms with Crippen LogP contribution in [0.15, 0.2) is 30.7 Å². The van der Waals surface area contributed by atoms with Crippen molar-refractivity contribution in [3.8, 4) is 11.6 Å². The fourth-order valence-electron chi connectivity index (χ4n) is 1.39. The average Bonchev–Trinajstić information content (AvgIpc) is 2.77. The van der Waals surface area contributed by atoms with Crippen molar-refractivity contribution in [1.82, 2.24) is 14.8 Å². The normalized spacial score (nSPS) is 12.4. The molecule has 2 rings (SSSR count). The van der Waals surface area contributed by atoms with E-state index in [1.165, 1.54) is 0 Å². The summed E-state index contributed by atoms with van der Waals surface area (Å²) in [6.07, 6.45) is 4.54. The number of hydrogen-bond donors (Lipinski definition) is 1. The largest absolute Gasteiger partial charge is 0.436 e. The maximum Gasteiger partial charge on any atom is 0.219 e. The van der Waals surface area contributed by atoms with Gasteiger partial charge in [-0.3, -0.25) is 4.68 Å². The van der Waals surface area contributed by atoms with Crippen LogP contribution in [0.5, 0.6) is 11.6 Å². The van der Waals surface area contributed by atoms with Crippen LogP contribution in [0.25, 0.3) is 0 Å². The van der Waals surface area contributed by atoms with E-state index < -0.39 is 6.10 Å². The number of aliphatic hydroxyl groups is 1. The van der Waals surface area contributed by atoms with Gasteiger partial charge in [0.15, 0.2) is 5.75 Å². The molecule has 0 bridgehead atoms. The van der Waals surface area contributed by atoms with Crippen LogP contribution in [0.1, 0.15) is 25.5 Å². The van der Waals surface area contributed by atoms with E-state index in [0.717, 1.165) is 12.1 Å². The van der Waals surface area contributed by atoms with Gasteiger partial charge in [-0.2, -0.15) is 5.10 Å². The van der Waals surface area contributed by atoms with Crippen molar-refractivity contribution in [3.05, 3.63) is 36.3 Å². The van der Waals surface area contributed by atoms with Crippen LogP contribution in [0.2, 0.25) is 0 Å². The van der Waals surface area contributed by atoms with Gasteiger partial charge in [-0.25, -0.2) is 4.98 Å². The van der Waals surface area contributed by atoms with Crippen LogP contribution in [-0.4, -0.2) is 19.9 Å². The molecule has 0 spiro atoms. The van der Waals surface area contributed by atoms with Gasteiger partial charge in [0.25, 0.3) is 0 Å². The van der Waals surface area contributed by atoms with Crippen molar-refractivity contribution in [1.29, 1.82) is 0 Å². The lowest BCUT2D eigenvalue weighted by Gasteiger charge is -2.05. The van der Waals surface area contributed by atoms with Crippen molar-refractivity contribution in [2.75, 3.05) is 0 Å². The third-order valence-electron chi connectivity index (χ3n) is 2.40. The summed E-state index contributed by atoms with van der Waals surface area (Å²) in [6, 6.07) is 3.52. The van der Waals surface area contributed by atoms with Crippen LogP contribution < -0.4 is 4.74 Å². The Morgan fingerprint density at radius 3 is 2.76 bits per heavy atom. The highest BCUT2D eigenvalue weighted by Crippen LogP contribution is 2.20. The summed E-state index contributed by atoms with van der Waals surface area (Å²) in [5, 5.41) is 13.4. The van der Waals surface area contributed by atoms with Crippen molar-refractivity contribution in [2.24, 2.45) is 0 Å². The van der Waals surface area contributed by atoms with Crippen molar-refractivity contribution >= 4 is 0 Å². The molecule has 2 aromatic heterocycles. The van der Waals surface area contributed by atoms with Gasteiger partial charge >= 0.3 is 0 Å². The predicted octanol–water partition coefficient (Wildman–Crippen LogP) is 2.14. The van der Waals surface area contributed by atoms with Crippen LogP contribution >= 0.6 is 0 Å². The molecule has 1 N–H and O–H groups in total. The molecule has 0 fully saturated rings. The predicted molar refractivity (Wildman–Crippen MR) is 62.8 cm³/mol. The van der Waals surface area contributed by atoms with E-state index in [1.54, 1.807) is 36.1 Å². The van der Waals surface area contributed by atoms with Crippen LogP contribution in [0, 0.1) is 0 Å². The minimum absolute atomic E-state index is 0.491. The highest BCUT2D eigenvalue weighted by atomic mass is 16.5. The zero-order valence-corrected chi connectivity index (χ0v) is 9.87. The number of pyridine rings is 1. The lowest BCUT2D eigenvalue weighted by Crippen LogP contribution is -1.94. The molecule has 0 aliphatic heterocycles. The Labute approximate surface area is 99.7 Å². The molecule has 0 amide bonds. The molecule has 0 aromatic carbocycles. The Kier molecular flexibility index (Phi) is 3.39. The van der Waals surface area contributed by atoms with Gasteiger partial charge in [0.1, 0.15) is 0 Å². The number of nitrogens with zero attached hydrogens (tertiary/aromatic N) is 3. The zero-order chi connectivity index (χ0) is 12.3. The first kappa shape index (κ1) is 11.6. The smallest absolute Gasteiger partial charge is 0.219 e. The first-order valence-electron chi connectivity index (χ1n) is 5.53. The first-order valence-corrected chi connectivity index (χ1v) is 5.53. The maximum absolute atomic E-state index is 9.35. The molecule has 5 nitrogen and oxygen atoms in total. The van der Waals surface area contributed by atoms with E-state index in [4.69, 9.17) is 4.74 Å². The Morgan fingerprint density at radius 2 is 2.24 bits per heavy atom. The van der Waals surface area contributed by atoms with Gasteiger partial charge in [-0.05, 0) is 25.5 Å². The minimum atomic E-state index is -0.514. The number of hydrogen-bond acceptors (Lipinski definition) is 4. The van der Waals surface area contributed by atoms with Crippen molar-refractivity contribution in [2.45, 2.75) is 26.5 Å². The topological polar surface area (TPSA) is 60.2 Å². The quantitative estimate of drug-likeness (QED) is 0.878. The van der Waals surface area contributed by atoms with E-state index in [-0.39, 0.29) is 0 Å². The number of rotatable bonds is 4. The summed E-state index contributed by atoms with van der Waals surface area (Å²) in [5.74, 6) is 1.15. The number of aromatic nitrogens is 3. The monoisotopic (exact) mass is 233 g/mol. The molecule has 5 heteroatoms. The van der Waals surface area contributed by atoms with Crippen molar-refractivity contribution < 1.29 is 9.84 Å². The molecule has 0 saturated heterocycles. The molecule has 0 radical (unpaired) electrons. The summed E-state index contributed by atoms with van der Waals surface area (Å²) >= 11 is 0. The highest BCUT2D eigenvalue weighted by Gasteiger charge is 2.04. The molecule has 90 valence electrons. The van der Waals surface area contributed by atoms with Gasteiger partial charge in [0.2, 0.25) is 5.88 Å². The van der Waals surface area contributed by atoms with Gasteiger partial charge < -0.3 is 9.84 Å². The van der Waals surface area contributed by atoms with Crippen LogP contribution in [-0.2, 0) is 6.54 Å². The Balaban J connectivity index is 2.08. The molecular formula is C12H15N3O2. The SMILES string of the molecule is CCn1cc(Oc2ccc([C@H](C)O)cn2)cn1. The summed E-state index contributed by atoms with van der Waals surface area (Å²) in [6.45, 7) is 4.51. The average molecular weight is 233 g/mol. The summed E-state index contributed by atoms with van der Waals surface area (Å²) in [5.41, 5.74) is 0.765. The molecule has 0 unspecified atom stereocenters. The molecular weight excluding hydrogens is 218 g/mol. The highest BCUT2D eigenvalue weighted by molar-refractivity contribution is 5.24. The number of aliphatic hydroxyl groups excluding tert-OH is 1. The third-order valence-corrected chi connectivity index (χ3v) is 2.40. The zero-order valence-electron chi connectivity index (χ0n) is 9.87. The van der Waals surface area contributed by atoms with Crippen LogP contribution in [0.4, 0.5) is 0 Å². The van der Waals surface area contributed by atoms with Gasteiger partial charge in [-0.15, -0.1) is 0 Å². The Bertz CT molecular complexity index is 477. The van der Waals surface area contributed by atoms with E-state index in [2.05, 4.69) is 10.1 Å². The summed E-state index contributed by atoms with van der Waals surface area (Å²) in [4.78, 5) is 4.11. The van der Waals surface area contributed by atoms with Gasteiger partial charge in [0, 0.05) is 18.8 Å². The Morgan fingerprint density at radius 1 is 1.41 bits per heavy atom. The van der Waals surface area contributed by atoms with Crippen molar-refractivity contribution in [3.63, 3.8) is 0 Å². The molecule has 2 heterocycles. The van der Waals surface area contributed by atoms with E-state index in [0.29, 0.717) is 11.6 Å². The lowest BCUT2D eigenvalue weighted by molar-refractivity contribution is 0.198. The fraction of sp³-hybridized carbons (Fsp3) is 0.333. The maximum atomic E-state index is 9.35. The van der Waals surface area contributed by atoms with E-state index in [1.807, 2.05) is 13.1 Å². The fourth-order valence-corrected chi connectivity index (χ4v) is 1.39. The number of ether oxygens (including phenoxy) is 1. The Hall–Kier alpha value is -1.88. The molecule has 0 aliphatic carbocycles. The minimum Gasteiger partial charge on any atom is -0.436 e.